The Bertz CT molecular complexity index is 691. The highest BCUT2D eigenvalue weighted by Gasteiger charge is 2.31. The van der Waals surface area contributed by atoms with E-state index in [4.69, 9.17) is 4.98 Å². The second kappa shape index (κ2) is 5.45. The van der Waals surface area contributed by atoms with Gasteiger partial charge in [-0.2, -0.15) is 0 Å². The Morgan fingerprint density at radius 3 is 2.67 bits per heavy atom. The quantitative estimate of drug-likeness (QED) is 0.921. The minimum Gasteiger partial charge on any atom is -0.306 e. The van der Waals surface area contributed by atoms with Gasteiger partial charge < -0.3 is 4.98 Å². The Kier molecular flexibility index (Phi) is 3.64. The summed E-state index contributed by atoms with van der Waals surface area (Å²) in [5.74, 6) is 1.06. The van der Waals surface area contributed by atoms with Gasteiger partial charge in [0.1, 0.15) is 5.82 Å². The van der Waals surface area contributed by atoms with Crippen molar-refractivity contribution in [3.63, 3.8) is 0 Å². The van der Waals surface area contributed by atoms with Crippen molar-refractivity contribution in [2.45, 2.75) is 26.3 Å². The number of hydrogen-bond acceptors (Lipinski definition) is 3. The lowest BCUT2D eigenvalue weighted by atomic mass is 9.90. The first kappa shape index (κ1) is 14.0. The Balaban J connectivity index is 2.13. The maximum absolute atomic E-state index is 12.6. The Morgan fingerprint density at radius 2 is 2.00 bits per heavy atom. The van der Waals surface area contributed by atoms with Crippen LogP contribution in [-0.4, -0.2) is 28.5 Å². The summed E-state index contributed by atoms with van der Waals surface area (Å²) in [5.41, 5.74) is 2.76. The average Bonchev–Trinajstić information content (AvgIpc) is 2.48. The number of aromatic nitrogens is 2. The molecule has 2 aromatic rings. The number of hydrogen-bond donors (Lipinski definition) is 1. The van der Waals surface area contributed by atoms with Crippen LogP contribution in [0.15, 0.2) is 35.1 Å². The normalized spacial score (nSPS) is 18.8. The third kappa shape index (κ3) is 2.51. The molecule has 1 aromatic carbocycles. The van der Waals surface area contributed by atoms with Crippen LogP contribution in [0.4, 0.5) is 0 Å². The molecule has 110 valence electrons. The zero-order valence-electron chi connectivity index (χ0n) is 12.8. The highest BCUT2D eigenvalue weighted by Crippen LogP contribution is 2.31. The first-order valence-corrected chi connectivity index (χ1v) is 7.46. The molecule has 1 atom stereocenters. The first-order valence-electron chi connectivity index (χ1n) is 7.46. The fraction of sp³-hybridized carbons (Fsp3) is 0.412. The van der Waals surface area contributed by atoms with Gasteiger partial charge in [0.15, 0.2) is 0 Å². The summed E-state index contributed by atoms with van der Waals surface area (Å²) in [5, 5.41) is 0. The molecular formula is C17H21N3O. The van der Waals surface area contributed by atoms with E-state index in [1.807, 2.05) is 30.3 Å². The smallest absolute Gasteiger partial charge is 0.256 e. The van der Waals surface area contributed by atoms with Crippen LogP contribution in [0.5, 0.6) is 0 Å². The summed E-state index contributed by atoms with van der Waals surface area (Å²) in [7, 11) is 2.08. The van der Waals surface area contributed by atoms with E-state index >= 15 is 0 Å². The fourth-order valence-corrected chi connectivity index (χ4v) is 3.24. The van der Waals surface area contributed by atoms with Crippen LogP contribution < -0.4 is 5.56 Å². The lowest BCUT2D eigenvalue weighted by molar-refractivity contribution is 0.178. The molecule has 0 aliphatic carbocycles. The van der Waals surface area contributed by atoms with Crippen molar-refractivity contribution < 1.29 is 0 Å². The number of aromatic amines is 1. The Hall–Kier alpha value is -1.94. The molecule has 2 heterocycles. The largest absolute Gasteiger partial charge is 0.306 e. The number of rotatable bonds is 2. The number of fused-ring (bicyclic) bond motifs is 1. The second-order valence-corrected chi connectivity index (χ2v) is 6.06. The maximum Gasteiger partial charge on any atom is 0.256 e. The van der Waals surface area contributed by atoms with Crippen molar-refractivity contribution in [2.75, 3.05) is 13.6 Å². The summed E-state index contributed by atoms with van der Waals surface area (Å²) in [6, 6.07) is 9.97. The van der Waals surface area contributed by atoms with Gasteiger partial charge in [-0.1, -0.05) is 44.2 Å². The van der Waals surface area contributed by atoms with Gasteiger partial charge in [0, 0.05) is 24.6 Å². The molecule has 4 nitrogen and oxygen atoms in total. The molecule has 1 unspecified atom stereocenters. The van der Waals surface area contributed by atoms with Gasteiger partial charge in [-0.15, -0.1) is 0 Å². The molecular weight excluding hydrogens is 262 g/mol. The van der Waals surface area contributed by atoms with Crippen LogP contribution in [0, 0.1) is 5.92 Å². The van der Waals surface area contributed by atoms with Crippen molar-refractivity contribution >= 4 is 0 Å². The summed E-state index contributed by atoms with van der Waals surface area (Å²) in [6.45, 7) is 5.25. The first-order chi connectivity index (χ1) is 10.1. The van der Waals surface area contributed by atoms with E-state index in [1.54, 1.807) is 0 Å². The molecule has 0 saturated carbocycles. The van der Waals surface area contributed by atoms with Gasteiger partial charge in [0.05, 0.1) is 11.3 Å². The minimum atomic E-state index is 0.00380. The lowest BCUT2D eigenvalue weighted by Gasteiger charge is -2.35. The van der Waals surface area contributed by atoms with Gasteiger partial charge in [-0.3, -0.25) is 9.69 Å². The van der Waals surface area contributed by atoms with E-state index in [9.17, 15) is 4.79 Å². The molecule has 0 fully saturated rings. The van der Waals surface area contributed by atoms with E-state index < -0.39 is 0 Å². The molecule has 4 heteroatoms. The second-order valence-electron chi connectivity index (χ2n) is 6.06. The van der Waals surface area contributed by atoms with Crippen LogP contribution in [0.3, 0.4) is 0 Å². The topological polar surface area (TPSA) is 49.0 Å². The molecule has 0 spiro atoms. The van der Waals surface area contributed by atoms with Gasteiger partial charge in [-0.25, -0.2) is 4.98 Å². The van der Waals surface area contributed by atoms with Crippen LogP contribution in [0.2, 0.25) is 0 Å². The SMILES string of the molecule is CC(C)C1c2c(nc(-c3ccccc3)[nH]c2=O)CCN1C. The van der Waals surface area contributed by atoms with Gasteiger partial charge in [0.2, 0.25) is 0 Å². The molecule has 0 bridgehead atoms. The Labute approximate surface area is 124 Å². The van der Waals surface area contributed by atoms with Crippen molar-refractivity contribution in [3.05, 3.63) is 51.9 Å². The number of nitrogens with zero attached hydrogens (tertiary/aromatic N) is 2. The number of H-pyrrole nitrogens is 1. The third-order valence-corrected chi connectivity index (χ3v) is 4.18. The molecule has 3 rings (SSSR count). The lowest BCUT2D eigenvalue weighted by Crippen LogP contribution is -2.40. The predicted octanol–water partition coefficient (Wildman–Crippen LogP) is 2.62. The molecule has 1 aliphatic heterocycles. The number of nitrogens with one attached hydrogen (secondary N) is 1. The summed E-state index contributed by atoms with van der Waals surface area (Å²) in [4.78, 5) is 22.5. The van der Waals surface area contributed by atoms with E-state index in [0.29, 0.717) is 11.7 Å². The maximum atomic E-state index is 12.6. The molecule has 0 radical (unpaired) electrons. The third-order valence-electron chi connectivity index (χ3n) is 4.18. The van der Waals surface area contributed by atoms with E-state index in [0.717, 1.165) is 29.8 Å². The average molecular weight is 283 g/mol. The molecule has 1 N–H and O–H groups in total. The summed E-state index contributed by atoms with van der Waals surface area (Å²) in [6.07, 6.45) is 0.832. The zero-order chi connectivity index (χ0) is 15.0. The highest BCUT2D eigenvalue weighted by atomic mass is 16.1. The van der Waals surface area contributed by atoms with Crippen LogP contribution in [0.1, 0.15) is 31.1 Å². The molecule has 0 saturated heterocycles. The highest BCUT2D eigenvalue weighted by molar-refractivity contribution is 5.55. The van der Waals surface area contributed by atoms with Crippen molar-refractivity contribution in [1.29, 1.82) is 0 Å². The monoisotopic (exact) mass is 283 g/mol. The van der Waals surface area contributed by atoms with Gasteiger partial charge in [-0.05, 0) is 13.0 Å². The molecule has 21 heavy (non-hydrogen) atoms. The summed E-state index contributed by atoms with van der Waals surface area (Å²) < 4.78 is 0. The van der Waals surface area contributed by atoms with Crippen molar-refractivity contribution in [1.82, 2.24) is 14.9 Å². The van der Waals surface area contributed by atoms with Crippen LogP contribution in [-0.2, 0) is 6.42 Å². The van der Waals surface area contributed by atoms with Gasteiger partial charge >= 0.3 is 0 Å². The summed E-state index contributed by atoms with van der Waals surface area (Å²) >= 11 is 0. The van der Waals surface area contributed by atoms with Crippen molar-refractivity contribution in [3.8, 4) is 11.4 Å². The fourth-order valence-electron chi connectivity index (χ4n) is 3.24. The van der Waals surface area contributed by atoms with Crippen molar-refractivity contribution in [2.24, 2.45) is 5.92 Å². The van der Waals surface area contributed by atoms with Crippen LogP contribution >= 0.6 is 0 Å². The predicted molar refractivity (Wildman–Crippen MR) is 84.2 cm³/mol. The standard InChI is InChI=1S/C17H21N3O/c1-11(2)15-14-13(9-10-20(15)3)18-16(19-17(14)21)12-7-5-4-6-8-12/h4-8,11,15H,9-10H2,1-3H3,(H,18,19,21). The molecule has 1 aromatic heterocycles. The number of benzene rings is 1. The Morgan fingerprint density at radius 1 is 1.29 bits per heavy atom. The molecule has 0 amide bonds. The zero-order valence-corrected chi connectivity index (χ0v) is 12.8. The molecule has 1 aliphatic rings. The van der Waals surface area contributed by atoms with Gasteiger partial charge in [0.25, 0.3) is 5.56 Å². The minimum absolute atomic E-state index is 0.00380. The number of likely N-dealkylation sites (N-methyl/N-ethyl adjacent to an activating group) is 1. The van der Waals surface area contributed by atoms with E-state index in [-0.39, 0.29) is 11.6 Å². The van der Waals surface area contributed by atoms with E-state index in [1.165, 1.54) is 0 Å². The van der Waals surface area contributed by atoms with E-state index in [2.05, 4.69) is 30.8 Å². The van der Waals surface area contributed by atoms with Crippen LogP contribution in [0.25, 0.3) is 11.4 Å².